The molecule has 3 aromatic rings. The lowest BCUT2D eigenvalue weighted by molar-refractivity contribution is -0.121. The van der Waals surface area contributed by atoms with E-state index in [9.17, 15) is 9.59 Å². The maximum atomic E-state index is 13.4. The second-order valence-electron chi connectivity index (χ2n) is 8.34. The van der Waals surface area contributed by atoms with Crippen molar-refractivity contribution in [1.82, 2.24) is 14.9 Å². The van der Waals surface area contributed by atoms with Gasteiger partial charge in [0.05, 0.1) is 21.8 Å². The lowest BCUT2D eigenvalue weighted by Gasteiger charge is -2.23. The van der Waals surface area contributed by atoms with Gasteiger partial charge in [0.25, 0.3) is 5.56 Å². The van der Waals surface area contributed by atoms with Gasteiger partial charge in [-0.25, -0.2) is 4.98 Å². The first-order valence-electron chi connectivity index (χ1n) is 9.65. The quantitative estimate of drug-likeness (QED) is 0.512. The molecule has 0 fully saturated rings. The van der Waals surface area contributed by atoms with Crippen LogP contribution in [0.3, 0.4) is 0 Å². The van der Waals surface area contributed by atoms with Crippen LogP contribution in [0.4, 0.5) is 0 Å². The summed E-state index contributed by atoms with van der Waals surface area (Å²) in [5, 5.41) is 3.66. The predicted molar refractivity (Wildman–Crippen MR) is 120 cm³/mol. The summed E-state index contributed by atoms with van der Waals surface area (Å²) >= 11 is 1.30. The van der Waals surface area contributed by atoms with Gasteiger partial charge in [0.2, 0.25) is 5.91 Å². The van der Waals surface area contributed by atoms with Crippen LogP contribution >= 0.6 is 11.8 Å². The van der Waals surface area contributed by atoms with Crippen LogP contribution in [0.15, 0.2) is 52.4 Å². The summed E-state index contributed by atoms with van der Waals surface area (Å²) in [7, 11) is 0. The van der Waals surface area contributed by atoms with E-state index in [-0.39, 0.29) is 17.0 Å². The molecule has 0 radical (unpaired) electrons. The highest BCUT2D eigenvalue weighted by atomic mass is 32.2. The Bertz CT molecular complexity index is 1130. The van der Waals surface area contributed by atoms with Gasteiger partial charge in [-0.2, -0.15) is 0 Å². The van der Waals surface area contributed by atoms with Crippen LogP contribution in [0.2, 0.25) is 0 Å². The maximum absolute atomic E-state index is 13.4. The predicted octanol–water partition coefficient (Wildman–Crippen LogP) is 4.40. The standard InChI is InChI=1S/C23H27N3O2S/c1-14-11-12-15(2)19(13-14)26-21(28)17-9-7-8-10-18(17)24-22(26)29-16(3)20(27)25-23(4,5)6/h7-13,16H,1-6H3,(H,25,27). The molecule has 0 saturated carbocycles. The van der Waals surface area contributed by atoms with Crippen molar-refractivity contribution in [1.29, 1.82) is 0 Å². The second-order valence-corrected chi connectivity index (χ2v) is 9.65. The highest BCUT2D eigenvalue weighted by Gasteiger charge is 2.23. The van der Waals surface area contributed by atoms with Crippen LogP contribution in [0.5, 0.6) is 0 Å². The normalized spacial score (nSPS) is 12.8. The van der Waals surface area contributed by atoms with Crippen molar-refractivity contribution >= 4 is 28.6 Å². The van der Waals surface area contributed by atoms with Gasteiger partial charge in [-0.3, -0.25) is 14.2 Å². The van der Waals surface area contributed by atoms with E-state index in [1.54, 1.807) is 10.6 Å². The Kier molecular flexibility index (Phi) is 5.85. The zero-order valence-electron chi connectivity index (χ0n) is 17.7. The van der Waals surface area contributed by atoms with Gasteiger partial charge in [-0.1, -0.05) is 36.0 Å². The van der Waals surface area contributed by atoms with E-state index in [1.165, 1.54) is 11.8 Å². The molecular formula is C23H27N3O2S. The van der Waals surface area contributed by atoms with E-state index in [2.05, 4.69) is 5.32 Å². The molecule has 6 heteroatoms. The summed E-state index contributed by atoms with van der Waals surface area (Å²) in [6, 6.07) is 13.3. The number of hydrogen-bond donors (Lipinski definition) is 1. The van der Waals surface area contributed by atoms with Crippen LogP contribution in [0.1, 0.15) is 38.8 Å². The minimum Gasteiger partial charge on any atom is -0.351 e. The highest BCUT2D eigenvalue weighted by molar-refractivity contribution is 8.00. The fourth-order valence-electron chi connectivity index (χ4n) is 3.05. The molecule has 0 saturated heterocycles. The van der Waals surface area contributed by atoms with Crippen molar-refractivity contribution in [3.05, 3.63) is 63.9 Å². The summed E-state index contributed by atoms with van der Waals surface area (Å²) in [5.41, 5.74) is 3.00. The SMILES string of the molecule is Cc1ccc(C)c(-n2c(SC(C)C(=O)NC(C)(C)C)nc3ccccc3c2=O)c1. The number of carbonyl (C=O) groups excluding carboxylic acids is 1. The molecule has 1 heterocycles. The van der Waals surface area contributed by atoms with E-state index in [4.69, 9.17) is 4.98 Å². The molecule has 1 atom stereocenters. The first-order chi connectivity index (χ1) is 13.6. The fourth-order valence-corrected chi connectivity index (χ4v) is 3.97. The Labute approximate surface area is 175 Å². The summed E-state index contributed by atoms with van der Waals surface area (Å²) < 4.78 is 1.64. The Morgan fingerprint density at radius 1 is 1.14 bits per heavy atom. The van der Waals surface area contributed by atoms with Gasteiger partial charge < -0.3 is 5.32 Å². The highest BCUT2D eigenvalue weighted by Crippen LogP contribution is 2.27. The molecule has 0 aliphatic carbocycles. The lowest BCUT2D eigenvalue weighted by Crippen LogP contribution is -2.44. The third kappa shape index (κ3) is 4.70. The number of aromatic nitrogens is 2. The smallest absolute Gasteiger partial charge is 0.266 e. The molecule has 29 heavy (non-hydrogen) atoms. The monoisotopic (exact) mass is 409 g/mol. The third-order valence-corrected chi connectivity index (χ3v) is 5.55. The third-order valence-electron chi connectivity index (χ3n) is 4.50. The van der Waals surface area contributed by atoms with Crippen LogP contribution in [0.25, 0.3) is 16.6 Å². The first-order valence-corrected chi connectivity index (χ1v) is 10.5. The number of rotatable bonds is 4. The Morgan fingerprint density at radius 3 is 2.52 bits per heavy atom. The molecule has 152 valence electrons. The van der Waals surface area contributed by atoms with Crippen molar-refractivity contribution in [3.8, 4) is 5.69 Å². The minimum atomic E-state index is -0.404. The molecule has 1 N–H and O–H groups in total. The zero-order valence-corrected chi connectivity index (χ0v) is 18.6. The molecule has 0 aliphatic heterocycles. The van der Waals surface area contributed by atoms with Crippen LogP contribution in [-0.4, -0.2) is 26.2 Å². The summed E-state index contributed by atoms with van der Waals surface area (Å²) in [5.74, 6) is -0.0857. The van der Waals surface area contributed by atoms with Crippen molar-refractivity contribution in [3.63, 3.8) is 0 Å². The van der Waals surface area contributed by atoms with E-state index in [1.807, 2.05) is 77.9 Å². The van der Waals surface area contributed by atoms with E-state index < -0.39 is 5.25 Å². The van der Waals surface area contributed by atoms with Crippen molar-refractivity contribution in [2.45, 2.75) is 57.5 Å². The van der Waals surface area contributed by atoms with Crippen LogP contribution < -0.4 is 10.9 Å². The average molecular weight is 410 g/mol. The van der Waals surface area contributed by atoms with Gasteiger partial charge in [-0.15, -0.1) is 0 Å². The fraction of sp³-hybridized carbons (Fsp3) is 0.348. The van der Waals surface area contributed by atoms with Gasteiger partial charge in [0, 0.05) is 5.54 Å². The van der Waals surface area contributed by atoms with Crippen molar-refractivity contribution in [2.75, 3.05) is 0 Å². The van der Waals surface area contributed by atoms with Crippen LogP contribution in [0, 0.1) is 13.8 Å². The molecular weight excluding hydrogens is 382 g/mol. The number of nitrogens with zero attached hydrogens (tertiary/aromatic N) is 2. The Balaban J connectivity index is 2.16. The molecule has 0 aliphatic rings. The average Bonchev–Trinajstić information content (AvgIpc) is 2.63. The lowest BCUT2D eigenvalue weighted by atomic mass is 10.1. The molecule has 1 unspecified atom stereocenters. The Hall–Kier alpha value is -2.60. The van der Waals surface area contributed by atoms with Gasteiger partial charge in [-0.05, 0) is 70.9 Å². The number of benzene rings is 2. The number of nitrogens with one attached hydrogen (secondary N) is 1. The Morgan fingerprint density at radius 2 is 1.83 bits per heavy atom. The van der Waals surface area contributed by atoms with Crippen molar-refractivity contribution < 1.29 is 4.79 Å². The summed E-state index contributed by atoms with van der Waals surface area (Å²) in [4.78, 5) is 30.8. The number of amides is 1. The van der Waals surface area contributed by atoms with Crippen LogP contribution in [-0.2, 0) is 4.79 Å². The van der Waals surface area contributed by atoms with Gasteiger partial charge >= 0.3 is 0 Å². The molecule has 1 amide bonds. The molecule has 0 spiro atoms. The zero-order chi connectivity index (χ0) is 21.3. The van der Waals surface area contributed by atoms with Crippen molar-refractivity contribution in [2.24, 2.45) is 0 Å². The first kappa shape index (κ1) is 21.1. The molecule has 2 aromatic carbocycles. The van der Waals surface area contributed by atoms with E-state index in [0.717, 1.165) is 16.8 Å². The minimum absolute atomic E-state index is 0.0857. The molecule has 1 aromatic heterocycles. The number of para-hydroxylation sites is 1. The maximum Gasteiger partial charge on any atom is 0.266 e. The molecule has 0 bridgehead atoms. The van der Waals surface area contributed by atoms with E-state index in [0.29, 0.717) is 16.1 Å². The second kappa shape index (κ2) is 8.03. The largest absolute Gasteiger partial charge is 0.351 e. The number of carbonyl (C=O) groups is 1. The number of fused-ring (bicyclic) bond motifs is 1. The molecule has 5 nitrogen and oxygen atoms in total. The summed E-state index contributed by atoms with van der Waals surface area (Å²) in [6.45, 7) is 11.6. The summed E-state index contributed by atoms with van der Waals surface area (Å²) in [6.07, 6.45) is 0. The van der Waals surface area contributed by atoms with Gasteiger partial charge in [0.15, 0.2) is 5.16 Å². The van der Waals surface area contributed by atoms with E-state index >= 15 is 0 Å². The molecule has 3 rings (SSSR count). The van der Waals surface area contributed by atoms with Gasteiger partial charge in [0.1, 0.15) is 0 Å². The topological polar surface area (TPSA) is 64.0 Å². The number of thioether (sulfide) groups is 1. The number of hydrogen-bond acceptors (Lipinski definition) is 4. The number of aryl methyl sites for hydroxylation is 2.